The van der Waals surface area contributed by atoms with E-state index >= 15 is 0 Å². The van der Waals surface area contributed by atoms with E-state index in [-0.39, 0.29) is 23.9 Å². The maximum atomic E-state index is 12.5. The molecular weight excluding hydrogens is 362 g/mol. The van der Waals surface area contributed by atoms with Crippen LogP contribution in [0.1, 0.15) is 33.5 Å². The van der Waals surface area contributed by atoms with E-state index in [0.29, 0.717) is 16.3 Å². The van der Waals surface area contributed by atoms with E-state index in [1.54, 1.807) is 30.3 Å². The highest BCUT2D eigenvalue weighted by Gasteiger charge is 2.32. The molecule has 1 heterocycles. The Balaban J connectivity index is 1.64. The van der Waals surface area contributed by atoms with Crippen LogP contribution in [0.3, 0.4) is 0 Å². The Hall–Kier alpha value is -2.93. The molecule has 1 fully saturated rings. The Labute approximate surface area is 161 Å². The molecule has 1 aliphatic rings. The van der Waals surface area contributed by atoms with Crippen molar-refractivity contribution < 1.29 is 14.7 Å². The molecule has 0 radical (unpaired) electrons. The molecule has 2 aromatic carbocycles. The van der Waals surface area contributed by atoms with Crippen molar-refractivity contribution in [2.75, 3.05) is 0 Å². The van der Waals surface area contributed by atoms with Crippen molar-refractivity contribution in [3.8, 4) is 5.75 Å². The Morgan fingerprint density at radius 2 is 2.00 bits per heavy atom. The summed E-state index contributed by atoms with van der Waals surface area (Å²) in [5.41, 5.74) is 3.30. The summed E-state index contributed by atoms with van der Waals surface area (Å²) in [5.74, 6) is -0.236. The monoisotopic (exact) mass is 381 g/mol. The van der Waals surface area contributed by atoms with Gasteiger partial charge in [0.05, 0.1) is 11.5 Å². The summed E-state index contributed by atoms with van der Waals surface area (Å²) in [6.07, 6.45) is 1.50. The number of nitrogens with zero attached hydrogens (tertiary/aromatic N) is 2. The summed E-state index contributed by atoms with van der Waals surface area (Å²) in [4.78, 5) is 24.6. The number of carbonyl (C=O) groups is 2. The number of carbonyl (C=O) groups excluding carboxylic acids is 2. The summed E-state index contributed by atoms with van der Waals surface area (Å²) in [6, 6.07) is 12.3. The second-order valence-electron chi connectivity index (χ2n) is 6.23. The van der Waals surface area contributed by atoms with Crippen LogP contribution in [0.4, 0.5) is 0 Å². The van der Waals surface area contributed by atoms with Crippen LogP contribution in [0.15, 0.2) is 52.7 Å². The number of benzene rings is 2. The van der Waals surface area contributed by atoms with Crippen LogP contribution < -0.4 is 5.32 Å². The van der Waals surface area contributed by atoms with Gasteiger partial charge in [-0.1, -0.05) is 36.0 Å². The third kappa shape index (κ3) is 4.62. The second kappa shape index (κ2) is 8.18. The van der Waals surface area contributed by atoms with Crippen molar-refractivity contribution in [1.82, 2.24) is 5.32 Å². The summed E-state index contributed by atoms with van der Waals surface area (Å²) in [7, 11) is 0. The van der Waals surface area contributed by atoms with Gasteiger partial charge in [-0.05, 0) is 43.2 Å². The molecule has 0 aliphatic carbocycles. The van der Waals surface area contributed by atoms with Gasteiger partial charge in [-0.25, -0.2) is 0 Å². The van der Waals surface area contributed by atoms with Crippen molar-refractivity contribution in [2.24, 2.45) is 10.2 Å². The smallest absolute Gasteiger partial charge is 0.240 e. The minimum atomic E-state index is -0.529. The fraction of sp³-hybridized carbons (Fsp3) is 0.200. The minimum absolute atomic E-state index is 0.0790. The zero-order valence-electron chi connectivity index (χ0n) is 15.0. The number of para-hydroxylation sites is 1. The number of ketones is 1. The standard InChI is InChI=1S/C20H19N3O3S/c1-12-7-8-14(9-13(12)2)17(25)10-18-19(26)22-20(27-18)23-21-11-15-5-3-4-6-16(15)24/h3-9,11,18,24H,10H2,1-2H3,(H,22,23,26)/b21-11+. The molecular formula is C20H19N3O3S. The number of aromatic hydroxyl groups is 1. The molecule has 1 unspecified atom stereocenters. The van der Waals surface area contributed by atoms with E-state index < -0.39 is 5.25 Å². The fourth-order valence-electron chi connectivity index (χ4n) is 2.53. The highest BCUT2D eigenvalue weighted by molar-refractivity contribution is 8.15. The minimum Gasteiger partial charge on any atom is -0.507 e. The average Bonchev–Trinajstić information content (AvgIpc) is 2.98. The molecule has 1 saturated heterocycles. The van der Waals surface area contributed by atoms with E-state index in [9.17, 15) is 14.7 Å². The molecule has 2 aromatic rings. The topological polar surface area (TPSA) is 91.1 Å². The van der Waals surface area contributed by atoms with Crippen LogP contribution in [0.2, 0.25) is 0 Å². The lowest BCUT2D eigenvalue weighted by atomic mass is 10.0. The van der Waals surface area contributed by atoms with Crippen LogP contribution in [0.5, 0.6) is 5.75 Å². The van der Waals surface area contributed by atoms with Crippen LogP contribution in [-0.4, -0.2) is 33.4 Å². The van der Waals surface area contributed by atoms with Crippen LogP contribution in [0.25, 0.3) is 0 Å². The third-order valence-electron chi connectivity index (χ3n) is 4.26. The predicted molar refractivity (Wildman–Crippen MR) is 108 cm³/mol. The number of rotatable bonds is 5. The molecule has 1 aliphatic heterocycles. The van der Waals surface area contributed by atoms with Crippen LogP contribution >= 0.6 is 11.8 Å². The number of amides is 1. The predicted octanol–water partition coefficient (Wildman–Crippen LogP) is 3.20. The first-order valence-corrected chi connectivity index (χ1v) is 9.29. The first-order chi connectivity index (χ1) is 12.9. The zero-order valence-corrected chi connectivity index (χ0v) is 15.8. The maximum Gasteiger partial charge on any atom is 0.240 e. The van der Waals surface area contributed by atoms with Crippen molar-refractivity contribution in [1.29, 1.82) is 0 Å². The Bertz CT molecular complexity index is 953. The van der Waals surface area contributed by atoms with Crippen molar-refractivity contribution in [2.45, 2.75) is 25.5 Å². The summed E-state index contributed by atoms with van der Waals surface area (Å²) >= 11 is 1.18. The van der Waals surface area contributed by atoms with Gasteiger partial charge in [0.1, 0.15) is 5.75 Å². The van der Waals surface area contributed by atoms with Gasteiger partial charge in [-0.3, -0.25) is 9.59 Å². The lowest BCUT2D eigenvalue weighted by Crippen LogP contribution is -2.26. The van der Waals surface area contributed by atoms with Gasteiger partial charge in [0, 0.05) is 17.5 Å². The van der Waals surface area contributed by atoms with Crippen molar-refractivity contribution >= 4 is 34.8 Å². The normalized spacial score (nSPS) is 18.2. The first-order valence-electron chi connectivity index (χ1n) is 8.41. The zero-order chi connectivity index (χ0) is 19.4. The number of nitrogens with one attached hydrogen (secondary N) is 1. The van der Waals surface area contributed by atoms with E-state index in [4.69, 9.17) is 0 Å². The van der Waals surface area contributed by atoms with E-state index in [1.165, 1.54) is 18.0 Å². The molecule has 0 saturated carbocycles. The molecule has 0 aromatic heterocycles. The molecule has 138 valence electrons. The summed E-state index contributed by atoms with van der Waals surface area (Å²) in [6.45, 7) is 3.94. The van der Waals surface area contributed by atoms with Gasteiger partial charge in [0.25, 0.3) is 0 Å². The highest BCUT2D eigenvalue weighted by atomic mass is 32.2. The molecule has 7 heteroatoms. The van der Waals surface area contributed by atoms with Gasteiger partial charge in [0.2, 0.25) is 5.91 Å². The summed E-state index contributed by atoms with van der Waals surface area (Å²) in [5, 5.41) is 20.0. The molecule has 1 amide bonds. The quantitative estimate of drug-likeness (QED) is 0.473. The van der Waals surface area contributed by atoms with Gasteiger partial charge in [-0.15, -0.1) is 5.10 Å². The largest absolute Gasteiger partial charge is 0.507 e. The maximum absolute atomic E-state index is 12.5. The number of hydrogen-bond donors (Lipinski definition) is 2. The van der Waals surface area contributed by atoms with E-state index in [0.717, 1.165) is 11.1 Å². The van der Waals surface area contributed by atoms with Gasteiger partial charge < -0.3 is 10.4 Å². The molecule has 0 spiro atoms. The Morgan fingerprint density at radius 3 is 2.74 bits per heavy atom. The second-order valence-corrected chi connectivity index (χ2v) is 7.42. The average molecular weight is 381 g/mol. The molecule has 2 N–H and O–H groups in total. The first kappa shape index (κ1) is 18.8. The molecule has 6 nitrogen and oxygen atoms in total. The lowest BCUT2D eigenvalue weighted by molar-refractivity contribution is -0.118. The van der Waals surface area contributed by atoms with Gasteiger partial charge in [-0.2, -0.15) is 5.10 Å². The molecule has 1 atom stereocenters. The van der Waals surface area contributed by atoms with Gasteiger partial charge in [0.15, 0.2) is 11.0 Å². The Morgan fingerprint density at radius 1 is 1.22 bits per heavy atom. The number of aryl methyl sites for hydroxylation is 2. The molecule has 3 rings (SSSR count). The summed E-state index contributed by atoms with van der Waals surface area (Å²) < 4.78 is 0. The van der Waals surface area contributed by atoms with Crippen molar-refractivity contribution in [3.63, 3.8) is 0 Å². The Kier molecular flexibility index (Phi) is 5.71. The number of phenols is 1. The third-order valence-corrected chi connectivity index (χ3v) is 5.33. The van der Waals surface area contributed by atoms with Crippen LogP contribution in [0, 0.1) is 13.8 Å². The van der Waals surface area contributed by atoms with Gasteiger partial charge >= 0.3 is 0 Å². The SMILES string of the molecule is Cc1ccc(C(=O)CC2S/C(=N\N=C\c3ccccc3O)NC2=O)cc1C. The number of thioether (sulfide) groups is 1. The van der Waals surface area contributed by atoms with Crippen LogP contribution in [-0.2, 0) is 4.79 Å². The number of phenolic OH excluding ortho intramolecular Hbond substituents is 1. The molecule has 0 bridgehead atoms. The van der Waals surface area contributed by atoms with Crippen molar-refractivity contribution in [3.05, 3.63) is 64.7 Å². The molecule has 27 heavy (non-hydrogen) atoms. The highest BCUT2D eigenvalue weighted by Crippen LogP contribution is 2.24. The lowest BCUT2D eigenvalue weighted by Gasteiger charge is -2.06. The van der Waals surface area contributed by atoms with E-state index in [1.807, 2.05) is 26.0 Å². The number of amidine groups is 1. The fourth-order valence-corrected chi connectivity index (χ4v) is 3.45. The van der Waals surface area contributed by atoms with E-state index in [2.05, 4.69) is 15.5 Å². The number of hydrogen-bond acceptors (Lipinski definition) is 6. The number of Topliss-reactive ketones (excluding diaryl/α,β-unsaturated/α-hetero) is 1.